The van der Waals surface area contributed by atoms with Crippen molar-refractivity contribution in [3.8, 4) is 0 Å². The molecule has 0 aromatic carbocycles. The van der Waals surface area contributed by atoms with Crippen LogP contribution in [0.2, 0.25) is 0 Å². The summed E-state index contributed by atoms with van der Waals surface area (Å²) in [5.41, 5.74) is 0.875. The van der Waals surface area contributed by atoms with E-state index in [1.807, 2.05) is 24.0 Å². The lowest BCUT2D eigenvalue weighted by atomic mass is 9.83. The number of amides is 2. The molecular weight excluding hydrogens is 411 g/mol. The lowest BCUT2D eigenvalue weighted by Gasteiger charge is -2.34. The second kappa shape index (κ2) is 12.4. The van der Waals surface area contributed by atoms with Crippen LogP contribution in [0.5, 0.6) is 0 Å². The van der Waals surface area contributed by atoms with Gasteiger partial charge in [-0.1, -0.05) is 13.0 Å². The molecule has 2 aliphatic rings. The van der Waals surface area contributed by atoms with Crippen LogP contribution in [0.1, 0.15) is 44.7 Å². The van der Waals surface area contributed by atoms with Crippen LogP contribution in [0.4, 0.5) is 5.82 Å². The number of nitrogens with one attached hydrogen (secondary N) is 2. The smallest absolute Gasteiger partial charge is 0.230 e. The highest BCUT2D eigenvalue weighted by Gasteiger charge is 2.30. The van der Waals surface area contributed by atoms with E-state index in [-0.39, 0.29) is 42.5 Å². The Morgan fingerprint density at radius 2 is 1.97 bits per heavy atom. The van der Waals surface area contributed by atoms with Crippen LogP contribution in [0, 0.1) is 24.7 Å². The largest absolute Gasteiger partial charge is 0.342 e. The Labute approximate surface area is 186 Å². The van der Waals surface area contributed by atoms with Gasteiger partial charge < -0.3 is 15.5 Å². The minimum atomic E-state index is -0.154. The quantitative estimate of drug-likeness (QED) is 0.728. The molecule has 2 unspecified atom stereocenters. The van der Waals surface area contributed by atoms with Gasteiger partial charge >= 0.3 is 0 Å². The number of aromatic nitrogens is 1. The predicted octanol–water partition coefficient (Wildman–Crippen LogP) is 3.44. The van der Waals surface area contributed by atoms with Crippen molar-refractivity contribution in [1.29, 1.82) is 0 Å². The normalized spacial score (nSPS) is 20.8. The second-order valence-corrected chi connectivity index (χ2v) is 8.10. The van der Waals surface area contributed by atoms with E-state index in [0.29, 0.717) is 30.6 Å². The molecule has 0 bridgehead atoms. The van der Waals surface area contributed by atoms with E-state index in [9.17, 15) is 9.59 Å². The summed E-state index contributed by atoms with van der Waals surface area (Å²) in [7, 11) is 0. The first-order valence-corrected chi connectivity index (χ1v) is 10.3. The molecule has 6 nitrogen and oxygen atoms in total. The van der Waals surface area contributed by atoms with Crippen LogP contribution in [-0.4, -0.2) is 47.9 Å². The van der Waals surface area contributed by atoms with Crippen molar-refractivity contribution in [2.24, 2.45) is 17.8 Å². The summed E-state index contributed by atoms with van der Waals surface area (Å²) in [6.07, 6.45) is 4.61. The molecule has 0 radical (unpaired) electrons. The number of aryl methyl sites for hydroxylation is 1. The van der Waals surface area contributed by atoms with E-state index in [2.05, 4.69) is 22.5 Å². The first-order chi connectivity index (χ1) is 13.0. The summed E-state index contributed by atoms with van der Waals surface area (Å²) in [6, 6.07) is 5.59. The number of carbonyl (C=O) groups is 2. The van der Waals surface area contributed by atoms with Crippen molar-refractivity contribution in [3.63, 3.8) is 0 Å². The van der Waals surface area contributed by atoms with Gasteiger partial charge in [0, 0.05) is 25.2 Å². The number of piperidine rings is 2. The summed E-state index contributed by atoms with van der Waals surface area (Å²) in [5, 5.41) is 6.29. The number of pyridine rings is 1. The van der Waals surface area contributed by atoms with Crippen LogP contribution in [0.25, 0.3) is 0 Å². The van der Waals surface area contributed by atoms with Crippen LogP contribution in [0.15, 0.2) is 18.2 Å². The van der Waals surface area contributed by atoms with Crippen molar-refractivity contribution in [3.05, 3.63) is 23.9 Å². The monoisotopic (exact) mass is 444 g/mol. The van der Waals surface area contributed by atoms with Crippen LogP contribution >= 0.6 is 24.8 Å². The Morgan fingerprint density at radius 1 is 1.24 bits per heavy atom. The minimum Gasteiger partial charge on any atom is -0.342 e. The summed E-state index contributed by atoms with van der Waals surface area (Å²) in [4.78, 5) is 31.6. The SMILES string of the molecule is Cc1cccc(NC(=O)C2CCCN(C(=O)CC(C)C3CCNCC3)C2)n1.Cl.Cl. The minimum absolute atomic E-state index is 0. The van der Waals surface area contributed by atoms with Gasteiger partial charge in [0.15, 0.2) is 0 Å². The number of nitrogens with zero attached hydrogens (tertiary/aromatic N) is 2. The highest BCUT2D eigenvalue weighted by Crippen LogP contribution is 2.26. The van der Waals surface area contributed by atoms with Gasteiger partial charge in [-0.2, -0.15) is 0 Å². The van der Waals surface area contributed by atoms with E-state index in [0.717, 1.165) is 51.0 Å². The van der Waals surface area contributed by atoms with E-state index in [4.69, 9.17) is 0 Å². The Morgan fingerprint density at radius 3 is 2.66 bits per heavy atom. The highest BCUT2D eigenvalue weighted by molar-refractivity contribution is 5.92. The van der Waals surface area contributed by atoms with E-state index in [1.165, 1.54) is 0 Å². The number of hydrogen-bond donors (Lipinski definition) is 2. The zero-order valence-corrected chi connectivity index (χ0v) is 19.0. The zero-order chi connectivity index (χ0) is 19.2. The van der Waals surface area contributed by atoms with Gasteiger partial charge in [0.2, 0.25) is 11.8 Å². The molecule has 0 aliphatic carbocycles. The van der Waals surface area contributed by atoms with Crippen LogP contribution < -0.4 is 10.6 Å². The molecule has 2 fully saturated rings. The fourth-order valence-corrected chi connectivity index (χ4v) is 4.24. The van der Waals surface area contributed by atoms with Gasteiger partial charge in [0.05, 0.1) is 5.92 Å². The highest BCUT2D eigenvalue weighted by atomic mass is 35.5. The molecule has 2 aliphatic heterocycles. The lowest BCUT2D eigenvalue weighted by molar-refractivity contribution is -0.135. The summed E-state index contributed by atoms with van der Waals surface area (Å²) in [6.45, 7) is 7.51. The third-order valence-corrected chi connectivity index (χ3v) is 5.97. The fraction of sp³-hybridized carbons (Fsp3) is 0.667. The molecule has 2 saturated heterocycles. The van der Waals surface area contributed by atoms with E-state index in [1.54, 1.807) is 6.07 Å². The number of halogens is 2. The molecule has 1 aromatic rings. The molecule has 3 heterocycles. The molecule has 0 spiro atoms. The van der Waals surface area contributed by atoms with Gasteiger partial charge in [0.1, 0.15) is 5.82 Å². The van der Waals surface area contributed by atoms with Crippen molar-refractivity contribution < 1.29 is 9.59 Å². The van der Waals surface area contributed by atoms with E-state index < -0.39 is 0 Å². The summed E-state index contributed by atoms with van der Waals surface area (Å²) < 4.78 is 0. The maximum absolute atomic E-state index is 12.8. The molecule has 2 amide bonds. The van der Waals surface area contributed by atoms with Gasteiger partial charge in [-0.05, 0) is 69.7 Å². The maximum Gasteiger partial charge on any atom is 0.230 e. The third kappa shape index (κ3) is 7.43. The average Bonchev–Trinajstić information content (AvgIpc) is 2.68. The predicted molar refractivity (Wildman–Crippen MR) is 121 cm³/mol. The number of likely N-dealkylation sites (tertiary alicyclic amines) is 1. The lowest BCUT2D eigenvalue weighted by Crippen LogP contribution is -2.44. The molecule has 2 N–H and O–H groups in total. The van der Waals surface area contributed by atoms with Gasteiger partial charge in [-0.3, -0.25) is 9.59 Å². The van der Waals surface area contributed by atoms with Gasteiger partial charge in [0.25, 0.3) is 0 Å². The number of hydrogen-bond acceptors (Lipinski definition) is 4. The molecule has 29 heavy (non-hydrogen) atoms. The Balaban J connectivity index is 0.00000210. The van der Waals surface area contributed by atoms with Crippen molar-refractivity contribution in [1.82, 2.24) is 15.2 Å². The molecule has 0 saturated carbocycles. The standard InChI is InChI=1S/C21H32N4O2.2ClH/c1-15(17-8-10-22-11-9-17)13-20(26)25-12-4-6-18(14-25)21(27)24-19-7-3-5-16(2)23-19;;/h3,5,7,15,17-18,22H,4,6,8-14H2,1-2H3,(H,23,24,27);2*1H. The fourth-order valence-electron chi connectivity index (χ4n) is 4.24. The second-order valence-electron chi connectivity index (χ2n) is 8.10. The van der Waals surface area contributed by atoms with Gasteiger partial charge in [-0.15, -0.1) is 24.8 Å². The summed E-state index contributed by atoms with van der Waals surface area (Å²) in [5.74, 6) is 1.64. The number of anilines is 1. The number of rotatable bonds is 5. The molecule has 2 atom stereocenters. The van der Waals surface area contributed by atoms with Crippen LogP contribution in [-0.2, 0) is 9.59 Å². The van der Waals surface area contributed by atoms with Crippen molar-refractivity contribution in [2.75, 3.05) is 31.5 Å². The van der Waals surface area contributed by atoms with Crippen molar-refractivity contribution in [2.45, 2.75) is 46.0 Å². The number of carbonyl (C=O) groups excluding carboxylic acids is 2. The topological polar surface area (TPSA) is 74.3 Å². The molecule has 1 aromatic heterocycles. The first kappa shape index (κ1) is 25.7. The molecule has 3 rings (SSSR count). The Hall–Kier alpha value is -1.37. The zero-order valence-electron chi connectivity index (χ0n) is 17.4. The maximum atomic E-state index is 12.8. The third-order valence-electron chi connectivity index (χ3n) is 5.97. The molecular formula is C21H34Cl2N4O2. The van der Waals surface area contributed by atoms with Crippen LogP contribution in [0.3, 0.4) is 0 Å². The van der Waals surface area contributed by atoms with Crippen molar-refractivity contribution >= 4 is 42.4 Å². The Bertz CT molecular complexity index is 668. The first-order valence-electron chi connectivity index (χ1n) is 10.3. The molecule has 8 heteroatoms. The van der Waals surface area contributed by atoms with Gasteiger partial charge in [-0.25, -0.2) is 4.98 Å². The Kier molecular flexibility index (Phi) is 10.9. The van der Waals surface area contributed by atoms with E-state index >= 15 is 0 Å². The average molecular weight is 445 g/mol. The molecule has 164 valence electrons. The summed E-state index contributed by atoms with van der Waals surface area (Å²) >= 11 is 0.